The maximum atomic E-state index is 13.3. The van der Waals surface area contributed by atoms with Gasteiger partial charge < -0.3 is 20.9 Å². The number of nitrogens with one attached hydrogen (secondary N) is 3. The fourth-order valence-electron chi connectivity index (χ4n) is 4.38. The lowest BCUT2D eigenvalue weighted by atomic mass is 9.98. The van der Waals surface area contributed by atoms with Gasteiger partial charge in [0.05, 0.1) is 28.9 Å². The monoisotopic (exact) mass is 443 g/mol. The van der Waals surface area contributed by atoms with E-state index >= 15 is 0 Å². The number of piperazine rings is 1. The van der Waals surface area contributed by atoms with E-state index in [1.807, 2.05) is 63.1 Å². The molecule has 0 spiro atoms. The molecule has 3 aromatic rings. The number of nitrogens with zero attached hydrogens (tertiary/aromatic N) is 4. The van der Waals surface area contributed by atoms with Crippen LogP contribution in [-0.4, -0.2) is 54.2 Å². The van der Waals surface area contributed by atoms with Crippen LogP contribution in [0.2, 0.25) is 0 Å². The Hall–Kier alpha value is -3.70. The molecule has 0 aliphatic carbocycles. The SMILES string of the molecule is CNc1cc2c(N[C@H](C)c3cccc(C#N)c3C)nnc(C)c2cc1C(=O)N1CCNCC1. The van der Waals surface area contributed by atoms with Crippen molar-refractivity contribution in [1.82, 2.24) is 20.4 Å². The van der Waals surface area contributed by atoms with Gasteiger partial charge in [-0.05, 0) is 50.1 Å². The molecule has 33 heavy (non-hydrogen) atoms. The number of carbonyl (C=O) groups excluding carboxylic acids is 1. The summed E-state index contributed by atoms with van der Waals surface area (Å²) >= 11 is 0. The van der Waals surface area contributed by atoms with Crippen molar-refractivity contribution in [2.24, 2.45) is 0 Å². The molecule has 8 nitrogen and oxygen atoms in total. The lowest BCUT2D eigenvalue weighted by molar-refractivity contribution is 0.0737. The fraction of sp³-hybridized carbons (Fsp3) is 0.360. The van der Waals surface area contributed by atoms with E-state index in [1.165, 1.54) is 0 Å². The van der Waals surface area contributed by atoms with Gasteiger partial charge in [0.25, 0.3) is 5.91 Å². The fourth-order valence-corrected chi connectivity index (χ4v) is 4.38. The Morgan fingerprint density at radius 2 is 1.94 bits per heavy atom. The molecule has 3 N–H and O–H groups in total. The Bertz CT molecular complexity index is 1240. The molecule has 0 bridgehead atoms. The van der Waals surface area contributed by atoms with Gasteiger partial charge in [0, 0.05) is 49.7 Å². The molecular weight excluding hydrogens is 414 g/mol. The lowest BCUT2D eigenvalue weighted by Gasteiger charge is -2.28. The number of benzene rings is 2. The molecule has 2 aromatic carbocycles. The number of aromatic nitrogens is 2. The number of carbonyl (C=O) groups is 1. The van der Waals surface area contributed by atoms with Crippen LogP contribution < -0.4 is 16.0 Å². The van der Waals surface area contributed by atoms with Crippen LogP contribution in [0.15, 0.2) is 30.3 Å². The third-order valence-electron chi connectivity index (χ3n) is 6.32. The molecule has 0 radical (unpaired) electrons. The zero-order chi connectivity index (χ0) is 23.5. The second-order valence-electron chi connectivity index (χ2n) is 8.37. The normalized spacial score (nSPS) is 14.6. The van der Waals surface area contributed by atoms with Crippen molar-refractivity contribution in [2.75, 3.05) is 43.9 Å². The highest BCUT2D eigenvalue weighted by Gasteiger charge is 2.23. The first-order chi connectivity index (χ1) is 15.9. The molecule has 2 heterocycles. The van der Waals surface area contributed by atoms with E-state index in [0.717, 1.165) is 46.4 Å². The van der Waals surface area contributed by atoms with Crippen molar-refractivity contribution < 1.29 is 4.79 Å². The number of amides is 1. The first-order valence-corrected chi connectivity index (χ1v) is 11.2. The molecule has 1 aromatic heterocycles. The molecule has 170 valence electrons. The van der Waals surface area contributed by atoms with Crippen molar-refractivity contribution in [2.45, 2.75) is 26.8 Å². The van der Waals surface area contributed by atoms with Gasteiger partial charge in [-0.15, -0.1) is 5.10 Å². The minimum absolute atomic E-state index is 0.0192. The molecule has 0 unspecified atom stereocenters. The highest BCUT2D eigenvalue weighted by atomic mass is 16.2. The smallest absolute Gasteiger partial charge is 0.256 e. The van der Waals surface area contributed by atoms with Gasteiger partial charge in [-0.3, -0.25) is 4.79 Å². The summed E-state index contributed by atoms with van der Waals surface area (Å²) < 4.78 is 0. The lowest BCUT2D eigenvalue weighted by Crippen LogP contribution is -2.46. The van der Waals surface area contributed by atoms with Crippen LogP contribution in [0.1, 0.15) is 45.7 Å². The molecular formula is C25H29N7O. The standard InChI is InChI=1S/C25H29N7O/c1-15-18(14-26)6-5-7-19(15)16(2)29-24-21-13-23(27-4)22(12-20(21)17(3)30-31-24)25(33)32-10-8-28-9-11-32/h5-7,12-13,16,27-28H,8-11H2,1-4H3,(H,29,31)/t16-/m1/s1. The minimum Gasteiger partial charge on any atom is -0.387 e. The predicted octanol–water partition coefficient (Wildman–Crippen LogP) is 3.38. The van der Waals surface area contributed by atoms with Gasteiger partial charge in [-0.2, -0.15) is 10.4 Å². The second-order valence-corrected chi connectivity index (χ2v) is 8.37. The van der Waals surface area contributed by atoms with Crippen LogP contribution in [-0.2, 0) is 0 Å². The summed E-state index contributed by atoms with van der Waals surface area (Å²) in [5.74, 6) is 0.660. The molecule has 0 saturated carbocycles. The van der Waals surface area contributed by atoms with Gasteiger partial charge in [0.15, 0.2) is 5.82 Å². The Labute approximate surface area is 194 Å². The van der Waals surface area contributed by atoms with Gasteiger partial charge in [-0.1, -0.05) is 12.1 Å². The Morgan fingerprint density at radius 1 is 1.18 bits per heavy atom. The summed E-state index contributed by atoms with van der Waals surface area (Å²) in [7, 11) is 1.82. The quantitative estimate of drug-likeness (QED) is 0.555. The van der Waals surface area contributed by atoms with E-state index in [-0.39, 0.29) is 11.9 Å². The van der Waals surface area contributed by atoms with Gasteiger partial charge in [0.2, 0.25) is 0 Å². The predicted molar refractivity (Wildman–Crippen MR) is 131 cm³/mol. The third-order valence-corrected chi connectivity index (χ3v) is 6.32. The second kappa shape index (κ2) is 9.43. The average Bonchev–Trinajstić information content (AvgIpc) is 2.85. The first-order valence-electron chi connectivity index (χ1n) is 11.2. The number of fused-ring (bicyclic) bond motifs is 1. The number of hydrogen-bond acceptors (Lipinski definition) is 7. The van der Waals surface area contributed by atoms with E-state index in [0.29, 0.717) is 30.0 Å². The Morgan fingerprint density at radius 3 is 2.64 bits per heavy atom. The van der Waals surface area contributed by atoms with Crippen LogP contribution in [0.4, 0.5) is 11.5 Å². The first kappa shape index (κ1) is 22.5. The van der Waals surface area contributed by atoms with Gasteiger partial charge >= 0.3 is 0 Å². The van der Waals surface area contributed by atoms with Gasteiger partial charge in [-0.25, -0.2) is 0 Å². The van der Waals surface area contributed by atoms with Crippen LogP contribution >= 0.6 is 0 Å². The van der Waals surface area contributed by atoms with Crippen LogP contribution in [0.3, 0.4) is 0 Å². The van der Waals surface area contributed by atoms with E-state index < -0.39 is 0 Å². The summed E-state index contributed by atoms with van der Waals surface area (Å²) in [5.41, 5.74) is 4.81. The summed E-state index contributed by atoms with van der Waals surface area (Å²) in [6.45, 7) is 8.89. The molecule has 4 rings (SSSR count). The van der Waals surface area contributed by atoms with Crippen molar-refractivity contribution >= 4 is 28.2 Å². The van der Waals surface area contributed by atoms with Gasteiger partial charge in [0.1, 0.15) is 0 Å². The zero-order valence-corrected chi connectivity index (χ0v) is 19.5. The summed E-state index contributed by atoms with van der Waals surface area (Å²) in [6, 6.07) is 11.8. The zero-order valence-electron chi connectivity index (χ0n) is 19.5. The molecule has 1 saturated heterocycles. The molecule has 8 heteroatoms. The number of nitriles is 1. The summed E-state index contributed by atoms with van der Waals surface area (Å²) in [5, 5.41) is 29.9. The van der Waals surface area contributed by atoms with Crippen LogP contribution in [0.25, 0.3) is 10.8 Å². The van der Waals surface area contributed by atoms with Crippen molar-refractivity contribution in [3.05, 3.63) is 58.3 Å². The van der Waals surface area contributed by atoms with Crippen molar-refractivity contribution in [1.29, 1.82) is 5.26 Å². The van der Waals surface area contributed by atoms with Crippen molar-refractivity contribution in [3.8, 4) is 6.07 Å². The number of anilines is 2. The topological polar surface area (TPSA) is 106 Å². The number of aryl methyl sites for hydroxylation is 1. The van der Waals surface area contributed by atoms with E-state index in [2.05, 4.69) is 32.2 Å². The van der Waals surface area contributed by atoms with Crippen LogP contribution in [0.5, 0.6) is 0 Å². The van der Waals surface area contributed by atoms with Crippen molar-refractivity contribution in [3.63, 3.8) is 0 Å². The Kier molecular flexibility index (Phi) is 6.43. The number of hydrogen-bond donors (Lipinski definition) is 3. The Balaban J connectivity index is 1.74. The van der Waals surface area contributed by atoms with Crippen LogP contribution in [0, 0.1) is 25.2 Å². The maximum absolute atomic E-state index is 13.3. The highest BCUT2D eigenvalue weighted by Crippen LogP contribution is 2.32. The molecule has 1 fully saturated rings. The van der Waals surface area contributed by atoms with E-state index in [1.54, 1.807) is 0 Å². The number of rotatable bonds is 5. The average molecular weight is 444 g/mol. The third kappa shape index (κ3) is 4.32. The molecule has 1 aliphatic rings. The highest BCUT2D eigenvalue weighted by molar-refractivity contribution is 6.06. The summed E-state index contributed by atoms with van der Waals surface area (Å²) in [6.07, 6.45) is 0. The maximum Gasteiger partial charge on any atom is 0.256 e. The summed E-state index contributed by atoms with van der Waals surface area (Å²) in [4.78, 5) is 15.1. The van der Waals surface area contributed by atoms with E-state index in [9.17, 15) is 10.1 Å². The minimum atomic E-state index is -0.0845. The van der Waals surface area contributed by atoms with E-state index in [4.69, 9.17) is 0 Å². The molecule has 1 atom stereocenters. The molecule has 1 aliphatic heterocycles. The largest absolute Gasteiger partial charge is 0.387 e. The molecule has 1 amide bonds.